The monoisotopic (exact) mass is 259 g/mol. The molecule has 2 unspecified atom stereocenters. The van der Waals surface area contributed by atoms with Crippen LogP contribution in [0.4, 0.5) is 0 Å². The average molecular weight is 259 g/mol. The summed E-state index contributed by atoms with van der Waals surface area (Å²) in [6.45, 7) is 6.81. The summed E-state index contributed by atoms with van der Waals surface area (Å²) in [4.78, 5) is 0. The molecule has 0 spiro atoms. The summed E-state index contributed by atoms with van der Waals surface area (Å²) < 4.78 is 10.5. The number of unbranched alkanes of at least 4 members (excludes halogenated alkanes) is 1. The third-order valence-electron chi connectivity index (χ3n) is 3.61. The van der Waals surface area contributed by atoms with E-state index < -0.39 is 0 Å². The number of rotatable bonds is 13. The minimum Gasteiger partial charge on any atom is -0.382 e. The number of nitrogens with one attached hydrogen (secondary N) is 1. The predicted octanol–water partition coefficient (Wildman–Crippen LogP) is 3.23. The molecule has 0 aliphatic carbocycles. The summed E-state index contributed by atoms with van der Waals surface area (Å²) in [5, 5.41) is 3.42. The third kappa shape index (κ3) is 9.86. The van der Waals surface area contributed by atoms with Crippen molar-refractivity contribution >= 4 is 0 Å². The largest absolute Gasteiger partial charge is 0.382 e. The predicted molar refractivity (Wildman–Crippen MR) is 78.1 cm³/mol. The fourth-order valence-corrected chi connectivity index (χ4v) is 2.23. The quantitative estimate of drug-likeness (QED) is 0.515. The van der Waals surface area contributed by atoms with E-state index in [0.29, 0.717) is 19.3 Å². The molecule has 0 heterocycles. The molecule has 0 saturated heterocycles. The lowest BCUT2D eigenvalue weighted by molar-refractivity contribution is 0.0649. The fourth-order valence-electron chi connectivity index (χ4n) is 2.23. The van der Waals surface area contributed by atoms with Crippen molar-refractivity contribution in [3.63, 3.8) is 0 Å². The van der Waals surface area contributed by atoms with Gasteiger partial charge in [-0.15, -0.1) is 0 Å². The van der Waals surface area contributed by atoms with Gasteiger partial charge in [0, 0.05) is 19.8 Å². The summed E-state index contributed by atoms with van der Waals surface area (Å²) >= 11 is 0. The molecule has 2 atom stereocenters. The molecule has 0 rings (SSSR count). The van der Waals surface area contributed by atoms with E-state index in [4.69, 9.17) is 9.47 Å². The van der Waals surface area contributed by atoms with E-state index in [2.05, 4.69) is 26.2 Å². The van der Waals surface area contributed by atoms with Gasteiger partial charge in [0.15, 0.2) is 0 Å². The topological polar surface area (TPSA) is 30.5 Å². The van der Waals surface area contributed by atoms with Crippen LogP contribution in [0.25, 0.3) is 0 Å². The van der Waals surface area contributed by atoms with Crippen LogP contribution in [0.5, 0.6) is 0 Å². The van der Waals surface area contributed by atoms with Gasteiger partial charge in [0.1, 0.15) is 0 Å². The van der Waals surface area contributed by atoms with Crippen molar-refractivity contribution in [3.05, 3.63) is 0 Å². The molecule has 0 aromatic rings. The summed E-state index contributed by atoms with van der Waals surface area (Å²) in [6.07, 6.45) is 7.71. The normalized spacial score (nSPS) is 14.7. The lowest BCUT2D eigenvalue weighted by Gasteiger charge is -2.22. The maximum Gasteiger partial charge on any atom is 0.0700 e. The highest BCUT2D eigenvalue weighted by atomic mass is 16.5. The SMILES string of the molecule is CCCCC(CC)CC(CCOCCOC)NC. The van der Waals surface area contributed by atoms with Crippen molar-refractivity contribution in [1.29, 1.82) is 0 Å². The van der Waals surface area contributed by atoms with Crippen LogP contribution in [0.15, 0.2) is 0 Å². The Morgan fingerprint density at radius 2 is 1.83 bits per heavy atom. The van der Waals surface area contributed by atoms with E-state index in [-0.39, 0.29) is 0 Å². The Balaban J connectivity index is 3.71. The van der Waals surface area contributed by atoms with E-state index >= 15 is 0 Å². The number of hydrogen-bond donors (Lipinski definition) is 1. The van der Waals surface area contributed by atoms with Crippen LogP contribution < -0.4 is 5.32 Å². The maximum atomic E-state index is 5.54. The van der Waals surface area contributed by atoms with Crippen molar-refractivity contribution in [2.24, 2.45) is 5.92 Å². The molecule has 0 aliphatic heterocycles. The molecular formula is C15H33NO2. The van der Waals surface area contributed by atoms with Gasteiger partial charge in [-0.05, 0) is 25.8 Å². The van der Waals surface area contributed by atoms with Crippen molar-refractivity contribution in [2.45, 2.75) is 58.4 Å². The minimum atomic E-state index is 0.592. The Hall–Kier alpha value is -0.120. The van der Waals surface area contributed by atoms with Crippen LogP contribution in [0.1, 0.15) is 52.4 Å². The van der Waals surface area contributed by atoms with Crippen LogP contribution in [0.2, 0.25) is 0 Å². The van der Waals surface area contributed by atoms with E-state index in [1.807, 2.05) is 0 Å². The van der Waals surface area contributed by atoms with Gasteiger partial charge in [-0.25, -0.2) is 0 Å². The number of hydrogen-bond acceptors (Lipinski definition) is 3. The minimum absolute atomic E-state index is 0.592. The zero-order chi connectivity index (χ0) is 13.6. The first-order valence-electron chi connectivity index (χ1n) is 7.52. The Bertz CT molecular complexity index is 165. The zero-order valence-corrected chi connectivity index (χ0v) is 12.8. The molecule has 3 nitrogen and oxygen atoms in total. The van der Waals surface area contributed by atoms with Gasteiger partial charge in [-0.3, -0.25) is 0 Å². The standard InChI is InChI=1S/C15H33NO2/c1-5-7-8-14(6-2)13-15(16-3)9-10-18-12-11-17-4/h14-16H,5-13H2,1-4H3. The summed E-state index contributed by atoms with van der Waals surface area (Å²) in [7, 11) is 3.77. The van der Waals surface area contributed by atoms with Crippen molar-refractivity contribution in [1.82, 2.24) is 5.32 Å². The first kappa shape index (κ1) is 17.9. The Morgan fingerprint density at radius 3 is 2.39 bits per heavy atom. The maximum absolute atomic E-state index is 5.54. The molecule has 1 N–H and O–H groups in total. The summed E-state index contributed by atoms with van der Waals surface area (Å²) in [6, 6.07) is 0.592. The molecule has 0 bridgehead atoms. The third-order valence-corrected chi connectivity index (χ3v) is 3.61. The number of ether oxygens (including phenoxy) is 2. The van der Waals surface area contributed by atoms with Gasteiger partial charge in [0.25, 0.3) is 0 Å². The summed E-state index contributed by atoms with van der Waals surface area (Å²) in [5.41, 5.74) is 0. The number of methoxy groups -OCH3 is 1. The average Bonchev–Trinajstić information content (AvgIpc) is 2.41. The lowest BCUT2D eigenvalue weighted by atomic mass is 9.91. The molecule has 3 heteroatoms. The van der Waals surface area contributed by atoms with Crippen LogP contribution >= 0.6 is 0 Å². The first-order chi connectivity index (χ1) is 8.78. The highest BCUT2D eigenvalue weighted by Crippen LogP contribution is 2.19. The van der Waals surface area contributed by atoms with Crippen LogP contribution in [0, 0.1) is 5.92 Å². The Labute approximate surface area is 114 Å². The second-order valence-corrected chi connectivity index (χ2v) is 5.03. The van der Waals surface area contributed by atoms with Gasteiger partial charge >= 0.3 is 0 Å². The van der Waals surface area contributed by atoms with Gasteiger partial charge in [0.05, 0.1) is 13.2 Å². The van der Waals surface area contributed by atoms with Gasteiger partial charge < -0.3 is 14.8 Å². The zero-order valence-electron chi connectivity index (χ0n) is 12.8. The van der Waals surface area contributed by atoms with Gasteiger partial charge in [-0.2, -0.15) is 0 Å². The molecular weight excluding hydrogens is 226 g/mol. The summed E-state index contributed by atoms with van der Waals surface area (Å²) in [5.74, 6) is 0.862. The Morgan fingerprint density at radius 1 is 1.06 bits per heavy atom. The molecule has 0 amide bonds. The highest BCUT2D eigenvalue weighted by molar-refractivity contribution is 4.70. The molecule has 18 heavy (non-hydrogen) atoms. The van der Waals surface area contributed by atoms with E-state index in [0.717, 1.165) is 18.9 Å². The van der Waals surface area contributed by atoms with Gasteiger partial charge in [0.2, 0.25) is 0 Å². The van der Waals surface area contributed by atoms with Crippen molar-refractivity contribution in [3.8, 4) is 0 Å². The van der Waals surface area contributed by atoms with Gasteiger partial charge in [-0.1, -0.05) is 39.5 Å². The molecule has 0 fully saturated rings. The van der Waals surface area contributed by atoms with Crippen molar-refractivity contribution in [2.75, 3.05) is 34.0 Å². The second-order valence-electron chi connectivity index (χ2n) is 5.03. The first-order valence-corrected chi connectivity index (χ1v) is 7.52. The molecule has 0 aliphatic rings. The Kier molecular flexibility index (Phi) is 13.2. The van der Waals surface area contributed by atoms with Crippen LogP contribution in [-0.4, -0.2) is 40.0 Å². The highest BCUT2D eigenvalue weighted by Gasteiger charge is 2.13. The molecule has 0 saturated carbocycles. The van der Waals surface area contributed by atoms with Crippen LogP contribution in [-0.2, 0) is 9.47 Å². The second kappa shape index (κ2) is 13.3. The van der Waals surface area contributed by atoms with Crippen molar-refractivity contribution < 1.29 is 9.47 Å². The molecule has 0 radical (unpaired) electrons. The lowest BCUT2D eigenvalue weighted by Crippen LogP contribution is -2.29. The smallest absolute Gasteiger partial charge is 0.0700 e. The molecule has 110 valence electrons. The molecule has 0 aromatic carbocycles. The fraction of sp³-hybridized carbons (Fsp3) is 1.00. The van der Waals surface area contributed by atoms with E-state index in [1.54, 1.807) is 7.11 Å². The molecule has 0 aromatic heterocycles. The van der Waals surface area contributed by atoms with E-state index in [9.17, 15) is 0 Å². The van der Waals surface area contributed by atoms with E-state index in [1.165, 1.54) is 32.1 Å². The van der Waals surface area contributed by atoms with Crippen LogP contribution in [0.3, 0.4) is 0 Å².